The first kappa shape index (κ1) is 36.7. The minimum atomic E-state index is -1.13. The Balaban J connectivity index is 0.836. The summed E-state index contributed by atoms with van der Waals surface area (Å²) < 4.78 is 26.8. The van der Waals surface area contributed by atoms with Gasteiger partial charge in [0.1, 0.15) is 36.4 Å². The first-order valence-corrected chi connectivity index (χ1v) is 19.6. The highest BCUT2D eigenvalue weighted by Crippen LogP contribution is 2.49. The van der Waals surface area contributed by atoms with E-state index in [1.54, 1.807) is 16.0 Å². The molecule has 1 spiro atoms. The number of alkyl halides is 1. The van der Waals surface area contributed by atoms with Gasteiger partial charge in [-0.2, -0.15) is 0 Å². The average molecular weight is 765 g/mol. The van der Waals surface area contributed by atoms with Gasteiger partial charge in [-0.1, -0.05) is 109 Å². The van der Waals surface area contributed by atoms with Gasteiger partial charge in [-0.15, -0.1) is 0 Å². The van der Waals surface area contributed by atoms with Gasteiger partial charge in [0, 0.05) is 37.6 Å². The highest BCUT2D eigenvalue weighted by Gasteiger charge is 2.60. The van der Waals surface area contributed by atoms with Gasteiger partial charge in [0.05, 0.1) is 31.1 Å². The van der Waals surface area contributed by atoms with Gasteiger partial charge in [-0.25, -0.2) is 14.2 Å². The molecule has 1 saturated carbocycles. The predicted octanol–water partition coefficient (Wildman–Crippen LogP) is 8.37. The van der Waals surface area contributed by atoms with E-state index in [1.807, 2.05) is 98.0 Å². The SMILES string of the molecule is CN(C)[C@@H](C(=O)N1CC(F)C[C@H]1c1ncc(-c2ccc(-c3ccc(C4=CN=C([C@@H]5COC6(CC6)N5C(=O)OCc5ccccc5)C4)cc3)cc2)[nH]1)c1ccccc1. The van der Waals surface area contributed by atoms with E-state index in [0.717, 1.165) is 63.2 Å². The van der Waals surface area contributed by atoms with Crippen LogP contribution in [0.4, 0.5) is 9.18 Å². The summed E-state index contributed by atoms with van der Waals surface area (Å²) in [5.41, 5.74) is 8.21. The lowest BCUT2D eigenvalue weighted by atomic mass is 9.96. The number of nitrogens with zero attached hydrogens (tertiary/aromatic N) is 5. The summed E-state index contributed by atoms with van der Waals surface area (Å²) in [5.74, 6) is 0.445. The third-order valence-electron chi connectivity index (χ3n) is 11.6. The molecule has 3 aliphatic heterocycles. The quantitative estimate of drug-likeness (QED) is 0.153. The van der Waals surface area contributed by atoms with Crippen LogP contribution in [0.1, 0.15) is 60.3 Å². The van der Waals surface area contributed by atoms with Gasteiger partial charge in [0.15, 0.2) is 0 Å². The van der Waals surface area contributed by atoms with Crippen LogP contribution in [0.25, 0.3) is 28.0 Å². The fourth-order valence-electron chi connectivity index (χ4n) is 8.42. The van der Waals surface area contributed by atoms with E-state index in [1.165, 1.54) is 0 Å². The summed E-state index contributed by atoms with van der Waals surface area (Å²) >= 11 is 0. The molecule has 4 heterocycles. The van der Waals surface area contributed by atoms with Crippen LogP contribution in [0.5, 0.6) is 0 Å². The summed E-state index contributed by atoms with van der Waals surface area (Å²) in [6, 6.07) is 34.7. The van der Waals surface area contributed by atoms with Crippen LogP contribution in [0.3, 0.4) is 0 Å². The maximum absolute atomic E-state index is 14.9. The number of carbonyl (C=O) groups excluding carboxylic acids is 2. The zero-order valence-corrected chi connectivity index (χ0v) is 32.1. The number of aromatic amines is 1. The molecule has 2 amide bonds. The molecule has 290 valence electrons. The lowest BCUT2D eigenvalue weighted by Crippen LogP contribution is -2.47. The van der Waals surface area contributed by atoms with Crippen LogP contribution in [0.2, 0.25) is 0 Å². The maximum atomic E-state index is 14.9. The van der Waals surface area contributed by atoms with Crippen molar-refractivity contribution in [3.63, 3.8) is 0 Å². The van der Waals surface area contributed by atoms with Crippen LogP contribution in [0, 0.1) is 0 Å². The number of allylic oxidation sites excluding steroid dienone is 1. The fourth-order valence-corrected chi connectivity index (χ4v) is 8.42. The molecule has 1 aliphatic carbocycles. The fraction of sp³-hybridized carbons (Fsp3) is 0.304. The summed E-state index contributed by atoms with van der Waals surface area (Å²) in [5, 5.41) is 0. The van der Waals surface area contributed by atoms with Crippen LogP contribution in [0.15, 0.2) is 127 Å². The number of carbonyl (C=O) groups is 2. The minimum Gasteiger partial charge on any atom is -0.444 e. The van der Waals surface area contributed by atoms with E-state index in [9.17, 15) is 14.0 Å². The molecule has 4 aliphatic rings. The second-order valence-electron chi connectivity index (χ2n) is 15.6. The second-order valence-corrected chi connectivity index (χ2v) is 15.6. The molecule has 0 bridgehead atoms. The number of halogens is 1. The topological polar surface area (TPSA) is 103 Å². The summed E-state index contributed by atoms with van der Waals surface area (Å²) in [6.07, 6.45) is 4.62. The summed E-state index contributed by atoms with van der Waals surface area (Å²) in [7, 11) is 3.74. The first-order chi connectivity index (χ1) is 27.8. The van der Waals surface area contributed by atoms with Crippen molar-refractivity contribution in [2.24, 2.45) is 4.99 Å². The van der Waals surface area contributed by atoms with Gasteiger partial charge in [-0.05, 0) is 53.0 Å². The van der Waals surface area contributed by atoms with E-state index in [2.05, 4.69) is 46.4 Å². The lowest BCUT2D eigenvalue weighted by Gasteiger charge is -2.31. The van der Waals surface area contributed by atoms with Gasteiger partial charge in [-0.3, -0.25) is 19.6 Å². The Morgan fingerprint density at radius 2 is 1.54 bits per heavy atom. The molecule has 5 aromatic rings. The van der Waals surface area contributed by atoms with Crippen molar-refractivity contribution in [1.29, 1.82) is 0 Å². The molecule has 10 nitrogen and oxygen atoms in total. The van der Waals surface area contributed by atoms with Crippen molar-refractivity contribution in [3.05, 3.63) is 144 Å². The number of hydrogen-bond donors (Lipinski definition) is 1. The standard InChI is InChI=1S/C46H45FN6O4/c1-51(2)42(35-11-7-4-8-12-35)44(54)52-27-37(47)24-40(52)43-49-26-39(50-43)34-19-17-32(18-20-34)31-13-15-33(16-14-31)36-23-38(48-25-36)41-29-57-46(21-22-46)53(41)45(55)56-28-30-9-5-3-6-10-30/h3-20,25-26,37,40-42H,21-24,27-29H2,1-2H3,(H,49,50)/t37?,40-,41-,42+/m0/s1. The third-order valence-corrected chi connectivity index (χ3v) is 11.6. The lowest BCUT2D eigenvalue weighted by molar-refractivity contribution is -0.137. The number of likely N-dealkylation sites (N-methyl/N-ethyl adjacent to an activating group) is 1. The molecule has 2 saturated heterocycles. The van der Waals surface area contributed by atoms with Gasteiger partial charge in [0.25, 0.3) is 0 Å². The molecule has 4 aromatic carbocycles. The molecule has 1 N–H and O–H groups in total. The molecule has 3 fully saturated rings. The Morgan fingerprint density at radius 1 is 0.895 bits per heavy atom. The van der Waals surface area contributed by atoms with Crippen molar-refractivity contribution in [2.75, 3.05) is 27.2 Å². The van der Waals surface area contributed by atoms with Gasteiger partial charge < -0.3 is 19.4 Å². The van der Waals surface area contributed by atoms with Crippen molar-refractivity contribution in [3.8, 4) is 22.4 Å². The number of amides is 2. The molecular formula is C46H45FN6O4. The zero-order valence-electron chi connectivity index (χ0n) is 32.1. The number of ether oxygens (including phenoxy) is 2. The smallest absolute Gasteiger partial charge is 0.413 e. The molecular weight excluding hydrogens is 720 g/mol. The van der Waals surface area contributed by atoms with E-state index in [-0.39, 0.29) is 37.6 Å². The molecule has 4 atom stereocenters. The van der Waals surface area contributed by atoms with Crippen molar-refractivity contribution >= 4 is 23.3 Å². The number of aromatic nitrogens is 2. The van der Waals surface area contributed by atoms with Crippen LogP contribution in [-0.2, 0) is 20.9 Å². The van der Waals surface area contributed by atoms with E-state index in [4.69, 9.17) is 14.5 Å². The van der Waals surface area contributed by atoms with E-state index >= 15 is 0 Å². The number of aliphatic imine (C=N–C) groups is 1. The van der Waals surface area contributed by atoms with Gasteiger partial charge >= 0.3 is 6.09 Å². The number of hydrogen-bond acceptors (Lipinski definition) is 7. The Morgan fingerprint density at radius 3 is 2.21 bits per heavy atom. The molecule has 57 heavy (non-hydrogen) atoms. The zero-order chi connectivity index (χ0) is 39.1. The predicted molar refractivity (Wildman–Crippen MR) is 216 cm³/mol. The van der Waals surface area contributed by atoms with Crippen LogP contribution < -0.4 is 0 Å². The third kappa shape index (κ3) is 7.29. The second kappa shape index (κ2) is 15.2. The van der Waals surface area contributed by atoms with E-state index < -0.39 is 24.0 Å². The number of rotatable bonds is 10. The molecule has 11 heteroatoms. The van der Waals surface area contributed by atoms with Crippen molar-refractivity contribution in [1.82, 2.24) is 24.7 Å². The van der Waals surface area contributed by atoms with Gasteiger partial charge in [0.2, 0.25) is 5.91 Å². The largest absolute Gasteiger partial charge is 0.444 e. The molecule has 9 rings (SSSR count). The Kier molecular flexibility index (Phi) is 9.80. The summed E-state index contributed by atoms with van der Waals surface area (Å²) in [6.45, 7) is 0.667. The molecule has 1 aromatic heterocycles. The first-order valence-electron chi connectivity index (χ1n) is 19.6. The number of likely N-dealkylation sites (tertiary alicyclic amines) is 1. The van der Waals surface area contributed by atoms with Crippen LogP contribution in [-0.4, -0.2) is 87.6 Å². The highest BCUT2D eigenvalue weighted by atomic mass is 19.1. The summed E-state index contributed by atoms with van der Waals surface area (Å²) in [4.78, 5) is 45.4. The monoisotopic (exact) mass is 764 g/mol. The number of nitrogens with one attached hydrogen (secondary N) is 1. The Hall–Kier alpha value is -5.91. The maximum Gasteiger partial charge on any atom is 0.413 e. The Bertz CT molecular complexity index is 2300. The minimum absolute atomic E-state index is 0.0381. The van der Waals surface area contributed by atoms with Crippen molar-refractivity contribution in [2.45, 2.75) is 62.3 Å². The molecule has 1 unspecified atom stereocenters. The van der Waals surface area contributed by atoms with E-state index in [0.29, 0.717) is 18.9 Å². The number of benzene rings is 4. The normalized spacial score (nSPS) is 21.5. The number of H-pyrrole nitrogens is 1. The van der Waals surface area contributed by atoms with Crippen molar-refractivity contribution < 1.29 is 23.5 Å². The Labute approximate surface area is 331 Å². The molecule has 0 radical (unpaired) electrons. The average Bonchev–Trinajstić information content (AvgIpc) is 3.67. The van der Waals surface area contributed by atoms with Crippen LogP contribution >= 0.6 is 0 Å². The number of imidazole rings is 1. The highest BCUT2D eigenvalue weighted by molar-refractivity contribution is 6.03.